The molecule has 0 atom stereocenters. The van der Waals surface area contributed by atoms with Gasteiger partial charge >= 0.3 is 0 Å². The molecule has 0 heterocycles. The van der Waals surface area contributed by atoms with Gasteiger partial charge in [0.25, 0.3) is 10.0 Å². The molecule has 0 aromatic heterocycles. The van der Waals surface area contributed by atoms with Gasteiger partial charge in [-0.1, -0.05) is 0 Å². The Morgan fingerprint density at radius 1 is 1.05 bits per heavy atom. The molecule has 0 saturated carbocycles. The summed E-state index contributed by atoms with van der Waals surface area (Å²) in [5.41, 5.74) is 7.10. The van der Waals surface area contributed by atoms with Crippen molar-refractivity contribution < 1.29 is 17.2 Å². The van der Waals surface area contributed by atoms with Gasteiger partial charge in [-0.25, -0.2) is 17.2 Å². The Hall–Kier alpha value is -2.15. The summed E-state index contributed by atoms with van der Waals surface area (Å²) in [4.78, 5) is -0.482. The van der Waals surface area contributed by atoms with Gasteiger partial charge in [0.15, 0.2) is 0 Å². The molecular formula is C13H12F2N2O2S. The molecule has 106 valence electrons. The molecular weight excluding hydrogens is 286 g/mol. The molecule has 4 nitrogen and oxygen atoms in total. The molecule has 2 rings (SSSR count). The van der Waals surface area contributed by atoms with Gasteiger partial charge < -0.3 is 5.73 Å². The van der Waals surface area contributed by atoms with Gasteiger partial charge in [0, 0.05) is 17.4 Å². The van der Waals surface area contributed by atoms with Crippen LogP contribution in [0.5, 0.6) is 0 Å². The number of halogens is 2. The highest BCUT2D eigenvalue weighted by molar-refractivity contribution is 7.92. The molecule has 0 spiro atoms. The molecule has 2 aromatic rings. The maximum absolute atomic E-state index is 13.1. The highest BCUT2D eigenvalue weighted by Crippen LogP contribution is 2.21. The molecule has 0 aliphatic carbocycles. The zero-order chi connectivity index (χ0) is 14.9. The van der Waals surface area contributed by atoms with E-state index >= 15 is 0 Å². The van der Waals surface area contributed by atoms with E-state index in [9.17, 15) is 17.2 Å². The minimum atomic E-state index is -4.06. The third-order valence-corrected chi connectivity index (χ3v) is 4.03. The fourth-order valence-electron chi connectivity index (χ4n) is 1.64. The van der Waals surface area contributed by atoms with Gasteiger partial charge in [0.1, 0.15) is 11.6 Å². The van der Waals surface area contributed by atoms with Crippen molar-refractivity contribution in [2.45, 2.75) is 11.8 Å². The van der Waals surface area contributed by atoms with Crippen LogP contribution in [-0.2, 0) is 10.0 Å². The molecule has 0 unspecified atom stereocenters. The van der Waals surface area contributed by atoms with E-state index in [-0.39, 0.29) is 5.69 Å². The van der Waals surface area contributed by atoms with E-state index in [2.05, 4.69) is 4.72 Å². The summed E-state index contributed by atoms with van der Waals surface area (Å²) < 4.78 is 52.4. The minimum absolute atomic E-state index is 0.265. The molecule has 0 fully saturated rings. The predicted molar refractivity (Wildman–Crippen MR) is 72.8 cm³/mol. The minimum Gasteiger partial charge on any atom is -0.399 e. The zero-order valence-electron chi connectivity index (χ0n) is 10.5. The van der Waals surface area contributed by atoms with Crippen molar-refractivity contribution in [1.82, 2.24) is 0 Å². The summed E-state index contributed by atoms with van der Waals surface area (Å²) in [6, 6.07) is 6.63. The lowest BCUT2D eigenvalue weighted by Gasteiger charge is -2.10. The first kappa shape index (κ1) is 14.3. The average Bonchev–Trinajstić information content (AvgIpc) is 2.32. The van der Waals surface area contributed by atoms with Crippen LogP contribution < -0.4 is 10.5 Å². The normalized spacial score (nSPS) is 11.3. The van der Waals surface area contributed by atoms with Crippen molar-refractivity contribution in [3.8, 4) is 0 Å². The van der Waals surface area contributed by atoms with Crippen LogP contribution in [0.4, 0.5) is 20.2 Å². The summed E-state index contributed by atoms with van der Waals surface area (Å²) in [6.45, 7) is 1.72. The molecule has 3 N–H and O–H groups in total. The summed E-state index contributed by atoms with van der Waals surface area (Å²) in [5, 5.41) is 0. The number of nitrogens with one attached hydrogen (secondary N) is 1. The molecule has 0 aliphatic rings. The number of aryl methyl sites for hydroxylation is 1. The van der Waals surface area contributed by atoms with E-state index < -0.39 is 26.6 Å². The van der Waals surface area contributed by atoms with Crippen LogP contribution in [0.1, 0.15) is 5.56 Å². The van der Waals surface area contributed by atoms with Crippen LogP contribution >= 0.6 is 0 Å². The van der Waals surface area contributed by atoms with Crippen LogP contribution in [0.2, 0.25) is 0 Å². The number of hydrogen-bond donors (Lipinski definition) is 2. The SMILES string of the molecule is Cc1cc(NS(=O)(=O)c2cc(F)cc(F)c2)ccc1N. The van der Waals surface area contributed by atoms with Crippen molar-refractivity contribution >= 4 is 21.4 Å². The first-order valence-electron chi connectivity index (χ1n) is 5.63. The Labute approximate surface area is 115 Å². The fourth-order valence-corrected chi connectivity index (χ4v) is 2.73. The standard InChI is InChI=1S/C13H12F2N2O2S/c1-8-4-11(2-3-13(8)16)17-20(18,19)12-6-9(14)5-10(15)7-12/h2-7,17H,16H2,1H3. The number of nitrogen functional groups attached to an aromatic ring is 1. The second-order valence-corrected chi connectivity index (χ2v) is 5.96. The number of hydrogen-bond acceptors (Lipinski definition) is 3. The van der Waals surface area contributed by atoms with Crippen LogP contribution in [0.25, 0.3) is 0 Å². The molecule has 7 heteroatoms. The Kier molecular flexibility index (Phi) is 3.63. The van der Waals surface area contributed by atoms with E-state index in [1.54, 1.807) is 13.0 Å². The maximum Gasteiger partial charge on any atom is 0.262 e. The van der Waals surface area contributed by atoms with E-state index in [1.165, 1.54) is 12.1 Å². The smallest absolute Gasteiger partial charge is 0.262 e. The molecule has 20 heavy (non-hydrogen) atoms. The van der Waals surface area contributed by atoms with Gasteiger partial charge in [0.05, 0.1) is 4.90 Å². The van der Waals surface area contributed by atoms with Crippen LogP contribution in [0, 0.1) is 18.6 Å². The third kappa shape index (κ3) is 3.05. The third-order valence-electron chi connectivity index (χ3n) is 2.67. The highest BCUT2D eigenvalue weighted by Gasteiger charge is 2.16. The zero-order valence-corrected chi connectivity index (χ0v) is 11.3. The van der Waals surface area contributed by atoms with Gasteiger partial charge in [-0.05, 0) is 42.8 Å². The van der Waals surface area contributed by atoms with E-state index in [4.69, 9.17) is 5.73 Å². The summed E-state index contributed by atoms with van der Waals surface area (Å²) in [5.74, 6) is -1.92. The average molecular weight is 298 g/mol. The number of sulfonamides is 1. The molecule has 2 aromatic carbocycles. The number of benzene rings is 2. The topological polar surface area (TPSA) is 72.2 Å². The summed E-state index contributed by atoms with van der Waals surface area (Å²) >= 11 is 0. The van der Waals surface area contributed by atoms with E-state index in [1.807, 2.05) is 0 Å². The largest absolute Gasteiger partial charge is 0.399 e. The number of rotatable bonds is 3. The van der Waals surface area contributed by atoms with Crippen LogP contribution in [-0.4, -0.2) is 8.42 Å². The monoisotopic (exact) mass is 298 g/mol. The Morgan fingerprint density at radius 2 is 1.65 bits per heavy atom. The van der Waals surface area contributed by atoms with E-state index in [0.29, 0.717) is 17.3 Å². The summed E-state index contributed by atoms with van der Waals surface area (Å²) in [6.07, 6.45) is 0. The van der Waals surface area contributed by atoms with Crippen LogP contribution in [0.15, 0.2) is 41.3 Å². The van der Waals surface area contributed by atoms with Gasteiger partial charge in [-0.15, -0.1) is 0 Å². The molecule has 0 saturated heterocycles. The second-order valence-electron chi connectivity index (χ2n) is 4.28. The molecule has 0 amide bonds. The Morgan fingerprint density at radius 3 is 2.20 bits per heavy atom. The summed E-state index contributed by atoms with van der Waals surface area (Å²) in [7, 11) is -4.06. The van der Waals surface area contributed by atoms with Crippen molar-refractivity contribution in [1.29, 1.82) is 0 Å². The Balaban J connectivity index is 2.37. The molecule has 0 bridgehead atoms. The fraction of sp³-hybridized carbons (Fsp3) is 0.0769. The lowest BCUT2D eigenvalue weighted by molar-refractivity contribution is 0.568. The van der Waals surface area contributed by atoms with Crippen LogP contribution in [0.3, 0.4) is 0 Å². The van der Waals surface area contributed by atoms with Crippen molar-refractivity contribution in [2.24, 2.45) is 0 Å². The van der Waals surface area contributed by atoms with Gasteiger partial charge in [0.2, 0.25) is 0 Å². The van der Waals surface area contributed by atoms with Gasteiger partial charge in [-0.2, -0.15) is 0 Å². The van der Waals surface area contributed by atoms with Crippen molar-refractivity contribution in [3.63, 3.8) is 0 Å². The quantitative estimate of drug-likeness (QED) is 0.856. The highest BCUT2D eigenvalue weighted by atomic mass is 32.2. The first-order chi connectivity index (χ1) is 9.28. The van der Waals surface area contributed by atoms with Crippen molar-refractivity contribution in [3.05, 3.63) is 53.6 Å². The second kappa shape index (κ2) is 5.09. The predicted octanol–water partition coefficient (Wildman–Crippen LogP) is 2.66. The maximum atomic E-state index is 13.1. The molecule has 0 aliphatic heterocycles. The van der Waals surface area contributed by atoms with Crippen molar-refractivity contribution in [2.75, 3.05) is 10.5 Å². The lowest BCUT2D eigenvalue weighted by Crippen LogP contribution is -2.13. The lowest BCUT2D eigenvalue weighted by atomic mass is 10.2. The van der Waals surface area contributed by atoms with Gasteiger partial charge in [-0.3, -0.25) is 4.72 Å². The number of nitrogens with two attached hydrogens (primary N) is 1. The Bertz CT molecular complexity index is 741. The van der Waals surface area contributed by atoms with E-state index in [0.717, 1.165) is 12.1 Å². The first-order valence-corrected chi connectivity index (χ1v) is 7.11. The molecule has 0 radical (unpaired) electrons. The number of anilines is 2.